The number of phenols is 1. The van der Waals surface area contributed by atoms with Crippen molar-refractivity contribution in [1.82, 2.24) is 10.4 Å². The number of rotatable bonds is 4. The van der Waals surface area contributed by atoms with E-state index in [0.29, 0.717) is 5.75 Å². The summed E-state index contributed by atoms with van der Waals surface area (Å²) in [5.41, 5.74) is 4.45. The van der Waals surface area contributed by atoms with Crippen molar-refractivity contribution in [2.24, 2.45) is 0 Å². The molecule has 4 heteroatoms. The van der Waals surface area contributed by atoms with Gasteiger partial charge in [-0.05, 0) is 30.5 Å². The van der Waals surface area contributed by atoms with E-state index in [1.54, 1.807) is 19.2 Å². The lowest BCUT2D eigenvalue weighted by molar-refractivity contribution is 0.151. The quantitative estimate of drug-likeness (QED) is 0.838. The first-order chi connectivity index (χ1) is 8.29. The van der Waals surface area contributed by atoms with E-state index in [1.165, 1.54) is 19.3 Å². The summed E-state index contributed by atoms with van der Waals surface area (Å²) in [6.45, 7) is 2.97. The summed E-state index contributed by atoms with van der Waals surface area (Å²) in [6, 6.07) is 5.51. The van der Waals surface area contributed by atoms with Gasteiger partial charge in [0.05, 0.1) is 7.11 Å². The van der Waals surface area contributed by atoms with Crippen LogP contribution in [0.5, 0.6) is 11.5 Å². The molecule has 1 aromatic rings. The van der Waals surface area contributed by atoms with Gasteiger partial charge in [-0.15, -0.1) is 0 Å². The van der Waals surface area contributed by atoms with Crippen molar-refractivity contribution in [2.45, 2.75) is 25.8 Å². The molecule has 2 rings (SSSR count). The molecule has 0 atom stereocenters. The van der Waals surface area contributed by atoms with E-state index in [0.717, 1.165) is 25.2 Å². The predicted molar refractivity (Wildman–Crippen MR) is 66.9 cm³/mol. The minimum Gasteiger partial charge on any atom is -0.504 e. The molecule has 1 saturated heterocycles. The molecule has 94 valence electrons. The average Bonchev–Trinajstić information content (AvgIpc) is 2.38. The smallest absolute Gasteiger partial charge is 0.160 e. The minimum absolute atomic E-state index is 0.199. The van der Waals surface area contributed by atoms with Crippen LogP contribution in [-0.2, 0) is 6.54 Å². The fourth-order valence-corrected chi connectivity index (χ4v) is 2.10. The molecule has 0 unspecified atom stereocenters. The first kappa shape index (κ1) is 12.2. The third kappa shape index (κ3) is 3.35. The second kappa shape index (κ2) is 5.89. The second-order valence-electron chi connectivity index (χ2n) is 4.39. The van der Waals surface area contributed by atoms with Gasteiger partial charge in [-0.2, -0.15) is 0 Å². The SMILES string of the molecule is COc1ccc(CNN2CCCCC2)cc1O. The standard InChI is InChI=1S/C13H20N2O2/c1-17-13-6-5-11(9-12(13)16)10-14-15-7-3-2-4-8-15/h5-6,9,14,16H,2-4,7-8,10H2,1H3. The van der Waals surface area contributed by atoms with Gasteiger partial charge >= 0.3 is 0 Å². The van der Waals surface area contributed by atoms with Crippen LogP contribution in [0.25, 0.3) is 0 Å². The number of hydrogen-bond donors (Lipinski definition) is 2. The number of nitrogens with zero attached hydrogens (tertiary/aromatic N) is 1. The molecule has 1 aromatic carbocycles. The van der Waals surface area contributed by atoms with Crippen LogP contribution in [0.15, 0.2) is 18.2 Å². The van der Waals surface area contributed by atoms with E-state index < -0.39 is 0 Å². The fourth-order valence-electron chi connectivity index (χ4n) is 2.10. The first-order valence-corrected chi connectivity index (χ1v) is 6.14. The Kier molecular flexibility index (Phi) is 4.23. The molecule has 0 radical (unpaired) electrons. The van der Waals surface area contributed by atoms with Gasteiger partial charge < -0.3 is 9.84 Å². The average molecular weight is 236 g/mol. The molecular weight excluding hydrogens is 216 g/mol. The zero-order valence-corrected chi connectivity index (χ0v) is 10.3. The Morgan fingerprint density at radius 3 is 2.71 bits per heavy atom. The molecule has 1 fully saturated rings. The van der Waals surface area contributed by atoms with Gasteiger partial charge in [0.1, 0.15) is 0 Å². The van der Waals surface area contributed by atoms with Gasteiger partial charge in [-0.1, -0.05) is 12.5 Å². The lowest BCUT2D eigenvalue weighted by Gasteiger charge is -2.27. The number of piperidine rings is 1. The number of phenolic OH excluding ortho intramolecular Hbond substituents is 1. The molecule has 4 nitrogen and oxygen atoms in total. The van der Waals surface area contributed by atoms with Crippen LogP contribution in [0.3, 0.4) is 0 Å². The van der Waals surface area contributed by atoms with Crippen LogP contribution in [0.2, 0.25) is 0 Å². The number of hydrazine groups is 1. The number of ether oxygens (including phenoxy) is 1. The molecule has 2 N–H and O–H groups in total. The van der Waals surface area contributed by atoms with Gasteiger partial charge in [0, 0.05) is 19.6 Å². The summed E-state index contributed by atoms with van der Waals surface area (Å²) in [7, 11) is 1.56. The van der Waals surface area contributed by atoms with Crippen LogP contribution in [-0.4, -0.2) is 30.3 Å². The van der Waals surface area contributed by atoms with Crippen molar-refractivity contribution in [3.05, 3.63) is 23.8 Å². The number of nitrogens with one attached hydrogen (secondary N) is 1. The highest BCUT2D eigenvalue weighted by atomic mass is 16.5. The van der Waals surface area contributed by atoms with Gasteiger partial charge in [0.2, 0.25) is 0 Å². The van der Waals surface area contributed by atoms with Crippen LogP contribution >= 0.6 is 0 Å². The van der Waals surface area contributed by atoms with Crippen LogP contribution in [0.1, 0.15) is 24.8 Å². The van der Waals surface area contributed by atoms with Gasteiger partial charge in [0.15, 0.2) is 11.5 Å². The number of benzene rings is 1. The van der Waals surface area contributed by atoms with E-state index in [1.807, 2.05) is 6.07 Å². The van der Waals surface area contributed by atoms with Crippen molar-refractivity contribution in [2.75, 3.05) is 20.2 Å². The molecule has 0 aliphatic carbocycles. The van der Waals surface area contributed by atoms with Crippen LogP contribution in [0.4, 0.5) is 0 Å². The highest BCUT2D eigenvalue weighted by Crippen LogP contribution is 2.26. The topological polar surface area (TPSA) is 44.7 Å². The molecule has 1 aliphatic rings. The second-order valence-corrected chi connectivity index (χ2v) is 4.39. The summed E-state index contributed by atoms with van der Waals surface area (Å²) >= 11 is 0. The highest BCUT2D eigenvalue weighted by Gasteiger charge is 2.09. The summed E-state index contributed by atoms with van der Waals surface area (Å²) < 4.78 is 5.01. The van der Waals surface area contributed by atoms with E-state index >= 15 is 0 Å². The van der Waals surface area contributed by atoms with E-state index in [4.69, 9.17) is 4.74 Å². The largest absolute Gasteiger partial charge is 0.504 e. The molecule has 0 bridgehead atoms. The molecular formula is C13H20N2O2. The fraction of sp³-hybridized carbons (Fsp3) is 0.538. The van der Waals surface area contributed by atoms with Crippen LogP contribution < -0.4 is 10.2 Å². The predicted octanol–water partition coefficient (Wildman–Crippen LogP) is 1.89. The summed E-state index contributed by atoms with van der Waals surface area (Å²) in [5.74, 6) is 0.720. The van der Waals surface area contributed by atoms with Gasteiger partial charge in [0.25, 0.3) is 0 Å². The summed E-state index contributed by atoms with van der Waals surface area (Å²) in [4.78, 5) is 0. The van der Waals surface area contributed by atoms with Crippen molar-refractivity contribution in [3.8, 4) is 11.5 Å². The Labute approximate surface area is 102 Å². The minimum atomic E-state index is 0.199. The Bertz CT molecular complexity index is 362. The summed E-state index contributed by atoms with van der Waals surface area (Å²) in [6.07, 6.45) is 3.86. The zero-order valence-electron chi connectivity index (χ0n) is 10.3. The molecule has 0 spiro atoms. The number of aromatic hydroxyl groups is 1. The monoisotopic (exact) mass is 236 g/mol. The lowest BCUT2D eigenvalue weighted by Crippen LogP contribution is -2.41. The lowest BCUT2D eigenvalue weighted by atomic mass is 10.1. The summed E-state index contributed by atoms with van der Waals surface area (Å²) in [5, 5.41) is 11.9. The van der Waals surface area contributed by atoms with Gasteiger partial charge in [-0.3, -0.25) is 5.43 Å². The third-order valence-electron chi connectivity index (χ3n) is 3.11. The maximum Gasteiger partial charge on any atom is 0.160 e. The van der Waals surface area contributed by atoms with Crippen LogP contribution in [0, 0.1) is 0 Å². The van der Waals surface area contributed by atoms with Gasteiger partial charge in [-0.25, -0.2) is 5.01 Å². The van der Waals surface area contributed by atoms with Crippen molar-refractivity contribution in [3.63, 3.8) is 0 Å². The maximum atomic E-state index is 9.66. The Hall–Kier alpha value is -1.26. The molecule has 0 amide bonds. The highest BCUT2D eigenvalue weighted by molar-refractivity contribution is 5.41. The van der Waals surface area contributed by atoms with E-state index in [9.17, 15) is 5.11 Å². The number of hydrogen-bond acceptors (Lipinski definition) is 4. The molecule has 1 aliphatic heterocycles. The molecule has 0 aromatic heterocycles. The normalized spacial score (nSPS) is 17.0. The molecule has 17 heavy (non-hydrogen) atoms. The third-order valence-corrected chi connectivity index (χ3v) is 3.11. The Morgan fingerprint density at radius 2 is 2.06 bits per heavy atom. The Morgan fingerprint density at radius 1 is 1.29 bits per heavy atom. The molecule has 1 heterocycles. The zero-order chi connectivity index (χ0) is 12.1. The van der Waals surface area contributed by atoms with Crippen molar-refractivity contribution >= 4 is 0 Å². The number of methoxy groups -OCH3 is 1. The Balaban J connectivity index is 1.87. The maximum absolute atomic E-state index is 9.66. The van der Waals surface area contributed by atoms with Crippen molar-refractivity contribution < 1.29 is 9.84 Å². The molecule has 0 saturated carbocycles. The van der Waals surface area contributed by atoms with Crippen molar-refractivity contribution in [1.29, 1.82) is 0 Å². The van der Waals surface area contributed by atoms with E-state index in [-0.39, 0.29) is 5.75 Å². The van der Waals surface area contributed by atoms with E-state index in [2.05, 4.69) is 10.4 Å². The first-order valence-electron chi connectivity index (χ1n) is 6.14.